The van der Waals surface area contributed by atoms with E-state index in [-0.39, 0.29) is 0 Å². The maximum Gasteiger partial charge on any atom is 0.0841 e. The zero-order valence-corrected chi connectivity index (χ0v) is 12.2. The molecule has 0 atom stereocenters. The van der Waals surface area contributed by atoms with Crippen LogP contribution in [0.25, 0.3) is 10.9 Å². The monoisotopic (exact) mass is 284 g/mol. The molecule has 2 aromatic heterocycles. The van der Waals surface area contributed by atoms with Crippen LogP contribution in [0, 0.1) is 0 Å². The number of nitrogens with one attached hydrogen (secondary N) is 1. The summed E-state index contributed by atoms with van der Waals surface area (Å²) in [5, 5.41) is 17.1. The number of rotatable bonds is 7. The zero-order valence-electron chi connectivity index (χ0n) is 12.2. The first-order valence-corrected chi connectivity index (χ1v) is 7.37. The third-order valence-corrected chi connectivity index (χ3v) is 3.54. The van der Waals surface area contributed by atoms with Crippen molar-refractivity contribution in [3.63, 3.8) is 0 Å². The molecular weight excluding hydrogens is 264 g/mol. The van der Waals surface area contributed by atoms with Gasteiger partial charge in [0.05, 0.1) is 17.4 Å². The lowest BCUT2D eigenvalue weighted by atomic mass is 10.2. The van der Waals surface area contributed by atoms with E-state index < -0.39 is 0 Å². The lowest BCUT2D eigenvalue weighted by Gasteiger charge is -2.03. The number of nitrogens with zero attached hydrogens (tertiary/aromatic N) is 5. The van der Waals surface area contributed by atoms with Gasteiger partial charge in [-0.3, -0.25) is 9.36 Å². The van der Waals surface area contributed by atoms with Gasteiger partial charge in [-0.15, -0.1) is 5.10 Å². The van der Waals surface area contributed by atoms with Gasteiger partial charge in [0.15, 0.2) is 0 Å². The minimum absolute atomic E-state index is 0.796. The van der Waals surface area contributed by atoms with Crippen molar-refractivity contribution in [2.24, 2.45) is 0 Å². The van der Waals surface area contributed by atoms with Gasteiger partial charge in [0.2, 0.25) is 0 Å². The van der Waals surface area contributed by atoms with E-state index in [1.165, 1.54) is 10.9 Å². The Labute approximate surface area is 123 Å². The molecule has 0 radical (unpaired) electrons. The summed E-state index contributed by atoms with van der Waals surface area (Å²) in [6, 6.07) is 8.39. The summed E-state index contributed by atoms with van der Waals surface area (Å²) < 4.78 is 3.91. The molecule has 0 fully saturated rings. The Morgan fingerprint density at radius 3 is 2.95 bits per heavy atom. The minimum Gasteiger partial charge on any atom is -0.311 e. The average molecular weight is 284 g/mol. The van der Waals surface area contributed by atoms with Crippen LogP contribution in [-0.4, -0.2) is 31.3 Å². The van der Waals surface area contributed by atoms with Gasteiger partial charge in [-0.1, -0.05) is 23.4 Å². The van der Waals surface area contributed by atoms with Crippen molar-refractivity contribution in [1.82, 2.24) is 30.1 Å². The fraction of sp³-hybridized carbons (Fsp3) is 0.400. The number of hydrogen-bond acceptors (Lipinski definition) is 4. The van der Waals surface area contributed by atoms with E-state index in [0.29, 0.717) is 0 Å². The van der Waals surface area contributed by atoms with E-state index >= 15 is 0 Å². The molecule has 0 amide bonds. The molecule has 0 aliphatic carbocycles. The summed E-state index contributed by atoms with van der Waals surface area (Å²) in [6.45, 7) is 5.64. The highest BCUT2D eigenvalue weighted by molar-refractivity contribution is 5.81. The van der Waals surface area contributed by atoms with Crippen molar-refractivity contribution in [3.05, 3.63) is 42.4 Å². The smallest absolute Gasteiger partial charge is 0.0841 e. The van der Waals surface area contributed by atoms with E-state index in [1.807, 2.05) is 10.9 Å². The third-order valence-electron chi connectivity index (χ3n) is 3.54. The highest BCUT2D eigenvalue weighted by Crippen LogP contribution is 2.18. The Bertz CT molecular complexity index is 685. The Morgan fingerprint density at radius 1 is 1.24 bits per heavy atom. The SMILES string of the molecule is CCn1nc(CNCCCn2ccnn2)c2ccccc21. The molecule has 21 heavy (non-hydrogen) atoms. The van der Waals surface area contributed by atoms with Crippen molar-refractivity contribution < 1.29 is 0 Å². The molecule has 1 aromatic carbocycles. The first kappa shape index (κ1) is 13.8. The average Bonchev–Trinajstić information content (AvgIpc) is 3.15. The van der Waals surface area contributed by atoms with Crippen molar-refractivity contribution in [2.45, 2.75) is 33.0 Å². The van der Waals surface area contributed by atoms with Crippen LogP contribution in [-0.2, 0) is 19.6 Å². The molecule has 0 aliphatic heterocycles. The number of aromatic nitrogens is 5. The largest absolute Gasteiger partial charge is 0.311 e. The molecule has 0 bridgehead atoms. The molecule has 0 unspecified atom stereocenters. The quantitative estimate of drug-likeness (QED) is 0.672. The van der Waals surface area contributed by atoms with E-state index in [2.05, 4.69) is 56.6 Å². The summed E-state index contributed by atoms with van der Waals surface area (Å²) in [7, 11) is 0. The van der Waals surface area contributed by atoms with Crippen molar-refractivity contribution in [2.75, 3.05) is 6.54 Å². The highest BCUT2D eigenvalue weighted by Gasteiger charge is 2.08. The molecule has 6 nitrogen and oxygen atoms in total. The maximum absolute atomic E-state index is 4.68. The Balaban J connectivity index is 1.55. The first-order chi connectivity index (χ1) is 10.4. The van der Waals surface area contributed by atoms with Gasteiger partial charge in [0.1, 0.15) is 0 Å². The molecule has 3 rings (SSSR count). The Kier molecular flexibility index (Phi) is 4.25. The molecule has 110 valence electrons. The van der Waals surface area contributed by atoms with Crippen LogP contribution in [0.4, 0.5) is 0 Å². The summed E-state index contributed by atoms with van der Waals surface area (Å²) in [4.78, 5) is 0. The Hall–Kier alpha value is -2.21. The number of benzene rings is 1. The molecule has 0 saturated carbocycles. The van der Waals surface area contributed by atoms with Crippen molar-refractivity contribution in [1.29, 1.82) is 0 Å². The second-order valence-corrected chi connectivity index (χ2v) is 4.98. The normalized spacial score (nSPS) is 11.3. The lowest BCUT2D eigenvalue weighted by Crippen LogP contribution is -2.17. The first-order valence-electron chi connectivity index (χ1n) is 7.37. The summed E-state index contributed by atoms with van der Waals surface area (Å²) in [5.41, 5.74) is 2.33. The van der Waals surface area contributed by atoms with Crippen LogP contribution in [0.3, 0.4) is 0 Å². The molecule has 2 heterocycles. The topological polar surface area (TPSA) is 60.6 Å². The summed E-state index contributed by atoms with van der Waals surface area (Å²) in [6.07, 6.45) is 4.61. The van der Waals surface area contributed by atoms with Crippen LogP contribution in [0.2, 0.25) is 0 Å². The minimum atomic E-state index is 0.796. The number of fused-ring (bicyclic) bond motifs is 1. The van der Waals surface area contributed by atoms with E-state index in [9.17, 15) is 0 Å². The maximum atomic E-state index is 4.68. The molecule has 3 aromatic rings. The van der Waals surface area contributed by atoms with Gasteiger partial charge in [-0.2, -0.15) is 5.10 Å². The van der Waals surface area contributed by atoms with Gasteiger partial charge in [-0.05, 0) is 26.0 Å². The highest BCUT2D eigenvalue weighted by atomic mass is 15.4. The summed E-state index contributed by atoms with van der Waals surface area (Å²) >= 11 is 0. The second-order valence-electron chi connectivity index (χ2n) is 4.98. The molecule has 0 saturated heterocycles. The number of aryl methyl sites for hydroxylation is 2. The second kappa shape index (κ2) is 6.49. The lowest BCUT2D eigenvalue weighted by molar-refractivity contribution is 0.526. The third kappa shape index (κ3) is 3.11. The van der Waals surface area contributed by atoms with Gasteiger partial charge in [0, 0.05) is 31.2 Å². The number of hydrogen-bond donors (Lipinski definition) is 1. The van der Waals surface area contributed by atoms with E-state index in [0.717, 1.165) is 38.3 Å². The fourth-order valence-electron chi connectivity index (χ4n) is 2.49. The zero-order chi connectivity index (χ0) is 14.5. The van der Waals surface area contributed by atoms with Crippen molar-refractivity contribution in [3.8, 4) is 0 Å². The summed E-state index contributed by atoms with van der Waals surface area (Å²) in [5.74, 6) is 0. The molecular formula is C15H20N6. The predicted molar refractivity (Wildman–Crippen MR) is 81.8 cm³/mol. The van der Waals surface area contributed by atoms with Crippen LogP contribution in [0.15, 0.2) is 36.7 Å². The van der Waals surface area contributed by atoms with Gasteiger partial charge in [0.25, 0.3) is 0 Å². The van der Waals surface area contributed by atoms with Crippen LogP contribution >= 0.6 is 0 Å². The van der Waals surface area contributed by atoms with E-state index in [4.69, 9.17) is 0 Å². The van der Waals surface area contributed by atoms with Crippen LogP contribution in [0.5, 0.6) is 0 Å². The van der Waals surface area contributed by atoms with Gasteiger partial charge >= 0.3 is 0 Å². The molecule has 0 spiro atoms. The van der Waals surface area contributed by atoms with E-state index in [1.54, 1.807) is 6.20 Å². The van der Waals surface area contributed by atoms with Gasteiger partial charge in [-0.25, -0.2) is 0 Å². The van der Waals surface area contributed by atoms with Gasteiger partial charge < -0.3 is 5.32 Å². The van der Waals surface area contributed by atoms with Crippen LogP contribution in [0.1, 0.15) is 19.0 Å². The molecule has 6 heteroatoms. The standard InChI is InChI=1S/C15H20N6/c1-2-21-15-7-4-3-6-13(15)14(18-21)12-16-8-5-10-20-11-9-17-19-20/h3-4,6-7,9,11,16H,2,5,8,10,12H2,1H3. The Morgan fingerprint density at radius 2 is 2.14 bits per heavy atom. The molecule has 0 aliphatic rings. The molecule has 1 N–H and O–H groups in total. The predicted octanol–water partition coefficient (Wildman–Crippen LogP) is 1.83. The van der Waals surface area contributed by atoms with Crippen LogP contribution < -0.4 is 5.32 Å². The number of para-hydroxylation sites is 1. The fourth-order valence-corrected chi connectivity index (χ4v) is 2.49. The van der Waals surface area contributed by atoms with Crippen molar-refractivity contribution >= 4 is 10.9 Å².